The van der Waals surface area contributed by atoms with Gasteiger partial charge in [0.2, 0.25) is 0 Å². The Bertz CT molecular complexity index is 792. The molecule has 0 saturated carbocycles. The van der Waals surface area contributed by atoms with E-state index in [0.717, 1.165) is 28.1 Å². The van der Waals surface area contributed by atoms with Crippen LogP contribution in [-0.2, 0) is 7.05 Å². The summed E-state index contributed by atoms with van der Waals surface area (Å²) in [7, 11) is 3.73. The van der Waals surface area contributed by atoms with Crippen LogP contribution in [-0.4, -0.2) is 28.3 Å². The topological polar surface area (TPSA) is 50.9 Å². The predicted octanol–water partition coefficient (Wildman–Crippen LogP) is 3.38. The summed E-state index contributed by atoms with van der Waals surface area (Å²) in [6, 6.07) is 9.88. The van der Waals surface area contributed by atoms with Crippen molar-refractivity contribution < 1.29 is 4.74 Å². The second-order valence-corrected chi connectivity index (χ2v) is 6.36. The first kappa shape index (κ1) is 15.7. The average molecular weight is 328 g/mol. The number of para-hydroxylation sites is 2. The van der Waals surface area contributed by atoms with Crippen LogP contribution in [0.15, 0.2) is 40.4 Å². The van der Waals surface area contributed by atoms with Gasteiger partial charge in [0.25, 0.3) is 0 Å². The third-order valence-electron chi connectivity index (χ3n) is 4.03. The first-order valence-corrected chi connectivity index (χ1v) is 8.39. The van der Waals surface area contributed by atoms with E-state index >= 15 is 0 Å². The number of ether oxygens (including phenoxy) is 1. The molecule has 5 nitrogen and oxygen atoms in total. The van der Waals surface area contributed by atoms with Gasteiger partial charge in [-0.1, -0.05) is 23.9 Å². The van der Waals surface area contributed by atoms with Gasteiger partial charge in [-0.3, -0.25) is 5.43 Å². The lowest BCUT2D eigenvalue weighted by molar-refractivity contribution is 0.416. The van der Waals surface area contributed by atoms with Crippen LogP contribution >= 0.6 is 11.8 Å². The van der Waals surface area contributed by atoms with Crippen LogP contribution in [0.25, 0.3) is 0 Å². The zero-order valence-electron chi connectivity index (χ0n) is 13.8. The maximum atomic E-state index is 5.33. The lowest BCUT2D eigenvalue weighted by Gasteiger charge is -2.15. The molecule has 1 aromatic carbocycles. The fourth-order valence-corrected chi connectivity index (χ4v) is 3.26. The number of methoxy groups -OCH3 is 1. The predicted molar refractivity (Wildman–Crippen MR) is 97.1 cm³/mol. The highest BCUT2D eigenvalue weighted by Gasteiger charge is 2.17. The minimum absolute atomic E-state index is 0.756. The van der Waals surface area contributed by atoms with Crippen LogP contribution < -0.4 is 10.2 Å². The molecule has 6 heteroatoms. The minimum Gasteiger partial charge on any atom is -0.494 e. The van der Waals surface area contributed by atoms with Crippen LogP contribution in [0.1, 0.15) is 17.0 Å². The monoisotopic (exact) mass is 328 g/mol. The third-order valence-corrected chi connectivity index (χ3v) is 4.90. The summed E-state index contributed by atoms with van der Waals surface area (Å²) in [4.78, 5) is 4.59. The molecule has 3 rings (SSSR count). The number of rotatable bonds is 3. The number of hydrogen-bond donors (Lipinski definition) is 1. The molecule has 0 spiro atoms. The van der Waals surface area contributed by atoms with Crippen molar-refractivity contribution in [1.29, 1.82) is 0 Å². The van der Waals surface area contributed by atoms with Crippen molar-refractivity contribution in [1.82, 2.24) is 9.99 Å². The first-order chi connectivity index (χ1) is 11.1. The Labute approximate surface area is 140 Å². The van der Waals surface area contributed by atoms with E-state index < -0.39 is 0 Å². The molecule has 0 radical (unpaired) electrons. The van der Waals surface area contributed by atoms with Crippen molar-refractivity contribution in [3.63, 3.8) is 0 Å². The van der Waals surface area contributed by atoms with E-state index in [9.17, 15) is 0 Å². The van der Waals surface area contributed by atoms with Crippen molar-refractivity contribution in [2.75, 3.05) is 12.9 Å². The lowest BCUT2D eigenvalue weighted by Crippen LogP contribution is -2.25. The molecule has 0 aliphatic carbocycles. The Morgan fingerprint density at radius 1 is 1.30 bits per heavy atom. The van der Waals surface area contributed by atoms with Gasteiger partial charge in [0, 0.05) is 29.8 Å². The molecule has 0 fully saturated rings. The number of nitrogens with one attached hydrogen (secondary N) is 1. The Hall–Kier alpha value is -2.21. The van der Waals surface area contributed by atoms with Crippen molar-refractivity contribution >= 4 is 28.3 Å². The summed E-state index contributed by atoms with van der Waals surface area (Å²) in [5.41, 5.74) is 8.57. The Balaban J connectivity index is 1.83. The smallest absolute Gasteiger partial charge is 0.182 e. The summed E-state index contributed by atoms with van der Waals surface area (Å²) in [5.74, 6) is 1.55. The van der Waals surface area contributed by atoms with Crippen LogP contribution in [0.3, 0.4) is 0 Å². The first-order valence-electron chi connectivity index (χ1n) is 7.40. The molecule has 0 atom stereocenters. The van der Waals surface area contributed by atoms with Crippen molar-refractivity contribution in [3.8, 4) is 5.75 Å². The highest BCUT2D eigenvalue weighted by atomic mass is 32.2. The lowest BCUT2D eigenvalue weighted by atomic mass is 10.1. The van der Waals surface area contributed by atoms with Gasteiger partial charge in [-0.25, -0.2) is 4.99 Å². The number of aliphatic imine (C=N–C) groups is 1. The molecule has 0 unspecified atom stereocenters. The zero-order chi connectivity index (χ0) is 16.4. The van der Waals surface area contributed by atoms with Gasteiger partial charge < -0.3 is 9.30 Å². The Morgan fingerprint density at radius 3 is 2.70 bits per heavy atom. The second-order valence-electron chi connectivity index (χ2n) is 5.39. The van der Waals surface area contributed by atoms with Gasteiger partial charge in [-0.2, -0.15) is 5.10 Å². The van der Waals surface area contributed by atoms with Gasteiger partial charge in [-0.15, -0.1) is 0 Å². The van der Waals surface area contributed by atoms with E-state index in [-0.39, 0.29) is 0 Å². The van der Waals surface area contributed by atoms with E-state index in [4.69, 9.17) is 4.74 Å². The molecule has 1 aromatic heterocycles. The van der Waals surface area contributed by atoms with Crippen molar-refractivity contribution in [2.24, 2.45) is 17.1 Å². The summed E-state index contributed by atoms with van der Waals surface area (Å²) in [6.07, 6.45) is 0. The van der Waals surface area contributed by atoms with Gasteiger partial charge in [0.05, 0.1) is 12.8 Å². The summed E-state index contributed by atoms with van der Waals surface area (Å²) in [5, 5.41) is 5.29. The van der Waals surface area contributed by atoms with Gasteiger partial charge in [0.15, 0.2) is 5.17 Å². The largest absolute Gasteiger partial charge is 0.494 e. The van der Waals surface area contributed by atoms with Gasteiger partial charge in [-0.05, 0) is 32.0 Å². The number of thioether (sulfide) groups is 1. The van der Waals surface area contributed by atoms with Gasteiger partial charge in [0.1, 0.15) is 11.4 Å². The Morgan fingerprint density at radius 2 is 2.09 bits per heavy atom. The highest BCUT2D eigenvalue weighted by molar-refractivity contribution is 8.14. The minimum atomic E-state index is 0.756. The molecule has 2 aromatic rings. The van der Waals surface area contributed by atoms with E-state index in [1.54, 1.807) is 18.9 Å². The maximum Gasteiger partial charge on any atom is 0.182 e. The number of aromatic nitrogens is 1. The summed E-state index contributed by atoms with van der Waals surface area (Å²) in [6.45, 7) is 4.23. The molecule has 120 valence electrons. The fraction of sp³-hybridized carbons (Fsp3) is 0.294. The summed E-state index contributed by atoms with van der Waals surface area (Å²) < 4.78 is 7.51. The molecule has 0 bridgehead atoms. The maximum absolute atomic E-state index is 5.33. The van der Waals surface area contributed by atoms with E-state index in [1.165, 1.54) is 17.0 Å². The number of aryl methyl sites for hydroxylation is 1. The second kappa shape index (κ2) is 6.50. The molecule has 1 aliphatic rings. The third kappa shape index (κ3) is 3.12. The van der Waals surface area contributed by atoms with Crippen molar-refractivity contribution in [3.05, 3.63) is 47.3 Å². The molecule has 1 aliphatic heterocycles. The van der Waals surface area contributed by atoms with E-state index in [0.29, 0.717) is 0 Å². The molecular formula is C17H20N4OS. The fourth-order valence-electron chi connectivity index (χ4n) is 2.49. The highest BCUT2D eigenvalue weighted by Crippen LogP contribution is 2.28. The molecule has 0 saturated heterocycles. The standard InChI is InChI=1S/C17H20N4OS/c1-11-9-13(12(2)21(11)3)15-10-23-17(20-19-15)18-14-7-5-6-8-16(14)22-4/h5-9H,10H2,1-4H3,(H,18,20). The zero-order valence-corrected chi connectivity index (χ0v) is 14.6. The van der Waals surface area contributed by atoms with E-state index in [2.05, 4.69) is 47.0 Å². The number of amidine groups is 1. The number of hydrazone groups is 1. The van der Waals surface area contributed by atoms with Crippen LogP contribution in [0.4, 0.5) is 5.69 Å². The molecule has 2 heterocycles. The molecule has 23 heavy (non-hydrogen) atoms. The van der Waals surface area contributed by atoms with E-state index in [1.807, 2.05) is 24.3 Å². The quantitative estimate of drug-likeness (QED) is 0.940. The number of benzene rings is 1. The number of nitrogens with zero attached hydrogens (tertiary/aromatic N) is 3. The normalized spacial score (nSPS) is 16.2. The van der Waals surface area contributed by atoms with Crippen LogP contribution in [0.5, 0.6) is 5.75 Å². The molecule has 0 amide bonds. The van der Waals surface area contributed by atoms with Crippen LogP contribution in [0, 0.1) is 13.8 Å². The number of hydrogen-bond acceptors (Lipinski definition) is 4. The SMILES string of the molecule is COc1ccccc1N=C1NN=C(c2cc(C)n(C)c2C)CS1. The Kier molecular flexibility index (Phi) is 4.43. The van der Waals surface area contributed by atoms with Gasteiger partial charge >= 0.3 is 0 Å². The molecular weight excluding hydrogens is 308 g/mol. The molecule has 1 N–H and O–H groups in total. The van der Waals surface area contributed by atoms with Crippen LogP contribution in [0.2, 0.25) is 0 Å². The van der Waals surface area contributed by atoms with Crippen molar-refractivity contribution in [2.45, 2.75) is 13.8 Å². The summed E-state index contributed by atoms with van der Waals surface area (Å²) >= 11 is 1.65. The average Bonchev–Trinajstić information content (AvgIpc) is 2.84.